The second kappa shape index (κ2) is 6.03. The molecule has 3 aromatic rings. The summed E-state index contributed by atoms with van der Waals surface area (Å²) in [4.78, 5) is 7.72. The summed E-state index contributed by atoms with van der Waals surface area (Å²) in [5.74, 6) is 1.46. The molecule has 2 atom stereocenters. The highest BCUT2D eigenvalue weighted by Crippen LogP contribution is 2.27. The summed E-state index contributed by atoms with van der Waals surface area (Å²) in [5, 5.41) is 13.7. The van der Waals surface area contributed by atoms with Crippen molar-refractivity contribution in [1.82, 2.24) is 20.2 Å². The van der Waals surface area contributed by atoms with E-state index in [1.54, 1.807) is 0 Å². The molecule has 6 heteroatoms. The lowest BCUT2D eigenvalue weighted by Crippen LogP contribution is -2.17. The summed E-state index contributed by atoms with van der Waals surface area (Å²) in [6.45, 7) is 4.46. The number of aromatic nitrogens is 4. The Hall–Kier alpha value is -2.76. The first-order valence-corrected chi connectivity index (χ1v) is 8.26. The SMILES string of the molecule is CC1=CC[C@@H](/C=N/Nc2nnc3c(n2)[nH]c2ccccc23)[C@@H](C)C1. The van der Waals surface area contributed by atoms with Crippen molar-refractivity contribution in [3.05, 3.63) is 35.9 Å². The molecule has 0 bridgehead atoms. The molecule has 0 aliphatic heterocycles. The molecule has 0 spiro atoms. The number of benzene rings is 1. The van der Waals surface area contributed by atoms with E-state index in [0.717, 1.165) is 29.3 Å². The number of anilines is 1. The van der Waals surface area contributed by atoms with Crippen molar-refractivity contribution in [2.24, 2.45) is 16.9 Å². The van der Waals surface area contributed by atoms with Crippen molar-refractivity contribution in [3.8, 4) is 0 Å². The molecular formula is C18H20N6. The monoisotopic (exact) mass is 320 g/mol. The largest absolute Gasteiger partial charge is 0.338 e. The van der Waals surface area contributed by atoms with Crippen LogP contribution in [-0.4, -0.2) is 26.4 Å². The molecule has 0 fully saturated rings. The van der Waals surface area contributed by atoms with Crippen LogP contribution in [0.1, 0.15) is 26.7 Å². The fourth-order valence-corrected chi connectivity index (χ4v) is 3.28. The number of H-pyrrole nitrogens is 1. The first-order chi connectivity index (χ1) is 11.7. The van der Waals surface area contributed by atoms with Gasteiger partial charge < -0.3 is 4.98 Å². The lowest BCUT2D eigenvalue weighted by molar-refractivity contribution is 0.438. The van der Waals surface area contributed by atoms with Crippen LogP contribution in [0, 0.1) is 11.8 Å². The zero-order chi connectivity index (χ0) is 16.5. The Bertz CT molecular complexity index is 939. The minimum Gasteiger partial charge on any atom is -0.338 e. The Balaban J connectivity index is 1.52. The summed E-state index contributed by atoms with van der Waals surface area (Å²) in [7, 11) is 0. The van der Waals surface area contributed by atoms with Crippen molar-refractivity contribution >= 4 is 34.2 Å². The predicted molar refractivity (Wildman–Crippen MR) is 96.9 cm³/mol. The van der Waals surface area contributed by atoms with E-state index in [1.807, 2.05) is 30.5 Å². The molecular weight excluding hydrogens is 300 g/mol. The van der Waals surface area contributed by atoms with Crippen LogP contribution in [0.25, 0.3) is 22.1 Å². The Morgan fingerprint density at radius 1 is 1.29 bits per heavy atom. The number of hydrazone groups is 1. The summed E-state index contributed by atoms with van der Waals surface area (Å²) in [6.07, 6.45) is 6.44. The standard InChI is InChI=1S/C18H20N6/c1-11-7-8-13(12(2)9-11)10-19-23-18-21-17-16(22-24-18)14-5-3-4-6-15(14)20-17/h3-7,10,12-13H,8-9H2,1-2H3,(H2,20,21,23,24)/b19-10+/t12-,13-/m0/s1. The summed E-state index contributed by atoms with van der Waals surface area (Å²) >= 11 is 0. The first kappa shape index (κ1) is 14.8. The van der Waals surface area contributed by atoms with Crippen LogP contribution in [0.4, 0.5) is 5.95 Å². The van der Waals surface area contributed by atoms with Gasteiger partial charge in [-0.2, -0.15) is 10.1 Å². The van der Waals surface area contributed by atoms with Crippen molar-refractivity contribution in [3.63, 3.8) is 0 Å². The number of aromatic amines is 1. The average molecular weight is 320 g/mol. The lowest BCUT2D eigenvalue weighted by atomic mass is 9.82. The quantitative estimate of drug-likeness (QED) is 0.436. The fourth-order valence-electron chi connectivity index (χ4n) is 3.28. The van der Waals surface area contributed by atoms with Crippen LogP contribution in [0.3, 0.4) is 0 Å². The smallest absolute Gasteiger partial charge is 0.265 e. The number of nitrogens with one attached hydrogen (secondary N) is 2. The van der Waals surface area contributed by atoms with E-state index >= 15 is 0 Å². The molecule has 2 heterocycles. The zero-order valence-electron chi connectivity index (χ0n) is 13.8. The van der Waals surface area contributed by atoms with Crippen molar-refractivity contribution < 1.29 is 0 Å². The van der Waals surface area contributed by atoms with Crippen LogP contribution < -0.4 is 5.43 Å². The molecule has 2 aromatic heterocycles. The van der Waals surface area contributed by atoms with Crippen LogP contribution >= 0.6 is 0 Å². The maximum absolute atomic E-state index is 4.46. The third-order valence-electron chi connectivity index (χ3n) is 4.67. The molecule has 0 saturated carbocycles. The zero-order valence-corrected chi connectivity index (χ0v) is 13.8. The lowest BCUT2D eigenvalue weighted by Gasteiger charge is -2.24. The van der Waals surface area contributed by atoms with Gasteiger partial charge in [-0.25, -0.2) is 5.43 Å². The number of nitrogens with zero attached hydrogens (tertiary/aromatic N) is 4. The Kier molecular flexibility index (Phi) is 3.72. The number of rotatable bonds is 3. The summed E-state index contributed by atoms with van der Waals surface area (Å²) in [5.41, 5.74) is 6.88. The molecule has 0 saturated heterocycles. The van der Waals surface area contributed by atoms with Gasteiger partial charge in [0.2, 0.25) is 0 Å². The number of hydrogen-bond acceptors (Lipinski definition) is 5. The van der Waals surface area contributed by atoms with Gasteiger partial charge in [0.15, 0.2) is 5.65 Å². The maximum atomic E-state index is 4.46. The van der Waals surface area contributed by atoms with E-state index in [9.17, 15) is 0 Å². The van der Waals surface area contributed by atoms with Gasteiger partial charge in [0.05, 0.1) is 0 Å². The minimum absolute atomic E-state index is 0.403. The normalized spacial score (nSPS) is 21.5. The van der Waals surface area contributed by atoms with Crippen LogP contribution in [0.15, 0.2) is 41.0 Å². The molecule has 24 heavy (non-hydrogen) atoms. The van der Waals surface area contributed by atoms with E-state index in [2.05, 4.69) is 50.6 Å². The summed E-state index contributed by atoms with van der Waals surface area (Å²) < 4.78 is 0. The number of para-hydroxylation sites is 1. The molecule has 0 unspecified atom stereocenters. The molecule has 6 nitrogen and oxygen atoms in total. The molecule has 2 N–H and O–H groups in total. The van der Waals surface area contributed by atoms with Crippen LogP contribution in [0.5, 0.6) is 0 Å². The number of fused-ring (bicyclic) bond motifs is 3. The van der Waals surface area contributed by atoms with Crippen molar-refractivity contribution in [1.29, 1.82) is 0 Å². The van der Waals surface area contributed by atoms with Gasteiger partial charge in [-0.15, -0.1) is 10.2 Å². The Morgan fingerprint density at radius 3 is 3.04 bits per heavy atom. The van der Waals surface area contributed by atoms with Gasteiger partial charge in [-0.3, -0.25) is 0 Å². The molecule has 122 valence electrons. The molecule has 1 aliphatic carbocycles. The second-order valence-corrected chi connectivity index (χ2v) is 6.52. The second-order valence-electron chi connectivity index (χ2n) is 6.52. The third-order valence-corrected chi connectivity index (χ3v) is 4.67. The fraction of sp³-hybridized carbons (Fsp3) is 0.333. The van der Waals surface area contributed by atoms with Gasteiger partial charge in [0.25, 0.3) is 5.95 Å². The highest BCUT2D eigenvalue weighted by molar-refractivity contribution is 6.03. The average Bonchev–Trinajstić information content (AvgIpc) is 2.94. The van der Waals surface area contributed by atoms with Crippen molar-refractivity contribution in [2.75, 3.05) is 5.43 Å². The van der Waals surface area contributed by atoms with Gasteiger partial charge in [0.1, 0.15) is 5.52 Å². The van der Waals surface area contributed by atoms with Gasteiger partial charge in [-0.1, -0.05) is 36.8 Å². The van der Waals surface area contributed by atoms with Crippen molar-refractivity contribution in [2.45, 2.75) is 26.7 Å². The van der Waals surface area contributed by atoms with E-state index < -0.39 is 0 Å². The number of hydrogen-bond donors (Lipinski definition) is 2. The topological polar surface area (TPSA) is 78.8 Å². The Labute approximate surface area is 140 Å². The van der Waals surface area contributed by atoms with Gasteiger partial charge in [0, 0.05) is 23.0 Å². The highest BCUT2D eigenvalue weighted by Gasteiger charge is 2.18. The number of allylic oxidation sites excluding steroid dienone is 2. The van der Waals surface area contributed by atoms with E-state index in [1.165, 1.54) is 5.57 Å². The van der Waals surface area contributed by atoms with E-state index in [4.69, 9.17) is 0 Å². The maximum Gasteiger partial charge on any atom is 0.265 e. The highest BCUT2D eigenvalue weighted by atomic mass is 15.4. The Morgan fingerprint density at radius 2 is 2.17 bits per heavy atom. The third kappa shape index (κ3) is 2.75. The first-order valence-electron chi connectivity index (χ1n) is 8.26. The minimum atomic E-state index is 0.403. The van der Waals surface area contributed by atoms with Gasteiger partial charge in [-0.05, 0) is 31.7 Å². The predicted octanol–water partition coefficient (Wildman–Crippen LogP) is 3.90. The van der Waals surface area contributed by atoms with E-state index in [0.29, 0.717) is 23.4 Å². The molecule has 1 aromatic carbocycles. The van der Waals surface area contributed by atoms with Crippen LogP contribution in [0.2, 0.25) is 0 Å². The van der Waals surface area contributed by atoms with E-state index in [-0.39, 0.29) is 0 Å². The molecule has 0 amide bonds. The van der Waals surface area contributed by atoms with Crippen LogP contribution in [-0.2, 0) is 0 Å². The van der Waals surface area contributed by atoms with Gasteiger partial charge >= 0.3 is 0 Å². The summed E-state index contributed by atoms with van der Waals surface area (Å²) in [6, 6.07) is 7.98. The molecule has 4 rings (SSSR count). The molecule has 0 radical (unpaired) electrons. The molecule has 1 aliphatic rings.